The van der Waals surface area contributed by atoms with E-state index >= 15 is 0 Å². The Kier molecular flexibility index (Phi) is 6.05. The number of para-hydroxylation sites is 1. The van der Waals surface area contributed by atoms with E-state index in [-0.39, 0.29) is 0 Å². The smallest absolute Gasteiger partial charge is 0.147 e. The first kappa shape index (κ1) is 18.3. The number of anilines is 2. The topological polar surface area (TPSA) is 46.2 Å². The van der Waals surface area contributed by atoms with E-state index in [0.29, 0.717) is 6.61 Å². The van der Waals surface area contributed by atoms with Crippen LogP contribution in [-0.4, -0.2) is 17.5 Å². The summed E-state index contributed by atoms with van der Waals surface area (Å²) in [6, 6.07) is 26.8. The van der Waals surface area contributed by atoms with Crippen molar-refractivity contribution in [2.24, 2.45) is 0 Å². The predicted octanol–water partition coefficient (Wildman–Crippen LogP) is 5.79. The van der Waals surface area contributed by atoms with Gasteiger partial charge in [0.25, 0.3) is 0 Å². The molecule has 0 fully saturated rings. The second kappa shape index (κ2) is 9.24. The molecular formula is C23H23N3OS. The Morgan fingerprint density at radius 1 is 0.857 bits per heavy atom. The van der Waals surface area contributed by atoms with Crippen LogP contribution in [0.25, 0.3) is 10.1 Å². The highest BCUT2D eigenvalue weighted by Gasteiger charge is 2.04. The molecule has 0 radical (unpaired) electrons. The van der Waals surface area contributed by atoms with E-state index in [0.717, 1.165) is 36.8 Å². The van der Waals surface area contributed by atoms with Crippen molar-refractivity contribution < 1.29 is 4.74 Å². The average Bonchev–Trinajstić information content (AvgIpc) is 3.16. The van der Waals surface area contributed by atoms with Crippen molar-refractivity contribution >= 4 is 33.1 Å². The van der Waals surface area contributed by atoms with Crippen LogP contribution in [0.1, 0.15) is 12.0 Å². The van der Waals surface area contributed by atoms with Gasteiger partial charge in [0.15, 0.2) is 0 Å². The molecule has 5 heteroatoms. The Morgan fingerprint density at radius 3 is 2.64 bits per heavy atom. The molecule has 0 unspecified atom stereocenters. The third-order valence-electron chi connectivity index (χ3n) is 4.43. The molecule has 28 heavy (non-hydrogen) atoms. The number of hydrogen-bond acceptors (Lipinski definition) is 5. The van der Waals surface area contributed by atoms with Gasteiger partial charge in [0.1, 0.15) is 11.6 Å². The van der Waals surface area contributed by atoms with Gasteiger partial charge in [-0.2, -0.15) is 4.37 Å². The van der Waals surface area contributed by atoms with Gasteiger partial charge in [-0.3, -0.25) is 0 Å². The van der Waals surface area contributed by atoms with E-state index in [1.54, 1.807) is 0 Å². The highest BCUT2D eigenvalue weighted by molar-refractivity contribution is 7.13. The Balaban J connectivity index is 1.22. The zero-order chi connectivity index (χ0) is 19.0. The molecule has 0 aliphatic carbocycles. The number of nitrogens with zero attached hydrogens (tertiary/aromatic N) is 1. The van der Waals surface area contributed by atoms with Crippen molar-refractivity contribution in [2.75, 3.05) is 23.8 Å². The van der Waals surface area contributed by atoms with Gasteiger partial charge in [0, 0.05) is 24.2 Å². The standard InChI is InChI=1S/C23H23N3OS/c1-2-9-19(10-3-1)25-17-18-8-6-11-20(16-18)27-15-7-14-24-23-21-12-4-5-13-22(21)28-26-23/h1-6,8-13,16,25H,7,14-15,17H2,(H,24,26). The largest absolute Gasteiger partial charge is 0.494 e. The van der Waals surface area contributed by atoms with Gasteiger partial charge in [0.2, 0.25) is 0 Å². The molecule has 0 saturated carbocycles. The van der Waals surface area contributed by atoms with Gasteiger partial charge in [-0.05, 0) is 59.9 Å². The van der Waals surface area contributed by atoms with Gasteiger partial charge in [-0.15, -0.1) is 0 Å². The normalized spacial score (nSPS) is 10.7. The molecule has 0 amide bonds. The molecular weight excluding hydrogens is 366 g/mol. The van der Waals surface area contributed by atoms with Crippen molar-refractivity contribution in [3.63, 3.8) is 0 Å². The molecule has 0 atom stereocenters. The summed E-state index contributed by atoms with van der Waals surface area (Å²) in [5.74, 6) is 1.88. The molecule has 0 bridgehead atoms. The van der Waals surface area contributed by atoms with Crippen molar-refractivity contribution in [1.29, 1.82) is 0 Å². The maximum Gasteiger partial charge on any atom is 0.147 e. The fraction of sp³-hybridized carbons (Fsp3) is 0.174. The highest BCUT2D eigenvalue weighted by atomic mass is 32.1. The molecule has 3 aromatic carbocycles. The highest BCUT2D eigenvalue weighted by Crippen LogP contribution is 2.26. The molecule has 4 rings (SSSR count). The van der Waals surface area contributed by atoms with Gasteiger partial charge in [-0.1, -0.05) is 42.5 Å². The molecule has 0 saturated heterocycles. The Morgan fingerprint density at radius 2 is 1.71 bits per heavy atom. The minimum atomic E-state index is 0.671. The lowest BCUT2D eigenvalue weighted by molar-refractivity contribution is 0.314. The third kappa shape index (κ3) is 4.81. The number of ether oxygens (including phenoxy) is 1. The van der Waals surface area contributed by atoms with E-state index in [2.05, 4.69) is 51.4 Å². The summed E-state index contributed by atoms with van der Waals surface area (Å²) in [7, 11) is 0. The minimum absolute atomic E-state index is 0.671. The average molecular weight is 390 g/mol. The number of fused-ring (bicyclic) bond motifs is 1. The van der Waals surface area contributed by atoms with Gasteiger partial charge < -0.3 is 15.4 Å². The molecule has 1 heterocycles. The van der Waals surface area contributed by atoms with Crippen LogP contribution in [0, 0.1) is 0 Å². The summed E-state index contributed by atoms with van der Waals surface area (Å²) in [6.07, 6.45) is 0.915. The summed E-state index contributed by atoms with van der Waals surface area (Å²) in [6.45, 7) is 2.29. The quantitative estimate of drug-likeness (QED) is 0.356. The van der Waals surface area contributed by atoms with E-state index in [1.165, 1.54) is 27.2 Å². The molecule has 0 spiro atoms. The number of rotatable bonds is 9. The lowest BCUT2D eigenvalue weighted by atomic mass is 10.2. The fourth-order valence-corrected chi connectivity index (χ4v) is 3.74. The first-order valence-electron chi connectivity index (χ1n) is 9.47. The molecule has 1 aromatic heterocycles. The van der Waals surface area contributed by atoms with Gasteiger partial charge in [0.05, 0.1) is 11.3 Å². The van der Waals surface area contributed by atoms with Crippen LogP contribution in [0.15, 0.2) is 78.9 Å². The second-order valence-corrected chi connectivity index (χ2v) is 7.33. The maximum atomic E-state index is 5.92. The van der Waals surface area contributed by atoms with Crippen molar-refractivity contribution in [2.45, 2.75) is 13.0 Å². The number of nitrogens with one attached hydrogen (secondary N) is 2. The summed E-state index contributed by atoms with van der Waals surface area (Å²) in [5.41, 5.74) is 2.32. The molecule has 4 aromatic rings. The lowest BCUT2D eigenvalue weighted by Crippen LogP contribution is -2.08. The first-order valence-corrected chi connectivity index (χ1v) is 10.2. The summed E-state index contributed by atoms with van der Waals surface area (Å²) < 4.78 is 11.6. The molecule has 0 aliphatic heterocycles. The van der Waals surface area contributed by atoms with E-state index < -0.39 is 0 Å². The summed E-state index contributed by atoms with van der Waals surface area (Å²) in [5, 5.41) is 8.02. The molecule has 0 aliphatic rings. The van der Waals surface area contributed by atoms with Crippen LogP contribution in [0.5, 0.6) is 5.75 Å². The Bertz CT molecular complexity index is 1020. The van der Waals surface area contributed by atoms with Gasteiger partial charge in [-0.25, -0.2) is 0 Å². The Hall–Kier alpha value is -3.05. The number of benzene rings is 3. The first-order chi connectivity index (χ1) is 13.9. The lowest BCUT2D eigenvalue weighted by Gasteiger charge is -2.10. The second-order valence-electron chi connectivity index (χ2n) is 6.52. The van der Waals surface area contributed by atoms with Crippen LogP contribution in [0.2, 0.25) is 0 Å². The molecule has 142 valence electrons. The van der Waals surface area contributed by atoms with E-state index in [1.807, 2.05) is 42.5 Å². The number of aromatic nitrogens is 1. The predicted molar refractivity (Wildman–Crippen MR) is 118 cm³/mol. The van der Waals surface area contributed by atoms with Crippen LogP contribution >= 0.6 is 11.5 Å². The summed E-state index contributed by atoms with van der Waals surface area (Å²) in [4.78, 5) is 0. The fourth-order valence-electron chi connectivity index (χ4n) is 2.99. The zero-order valence-corrected chi connectivity index (χ0v) is 16.4. The van der Waals surface area contributed by atoms with Crippen LogP contribution in [0.4, 0.5) is 11.5 Å². The van der Waals surface area contributed by atoms with Crippen LogP contribution < -0.4 is 15.4 Å². The zero-order valence-electron chi connectivity index (χ0n) is 15.6. The van der Waals surface area contributed by atoms with Gasteiger partial charge >= 0.3 is 0 Å². The van der Waals surface area contributed by atoms with E-state index in [9.17, 15) is 0 Å². The van der Waals surface area contributed by atoms with Crippen LogP contribution in [0.3, 0.4) is 0 Å². The SMILES string of the molecule is c1ccc(NCc2cccc(OCCCNc3nsc4ccccc34)c2)cc1. The monoisotopic (exact) mass is 389 g/mol. The van der Waals surface area contributed by atoms with Crippen molar-refractivity contribution in [1.82, 2.24) is 4.37 Å². The van der Waals surface area contributed by atoms with Crippen molar-refractivity contribution in [3.8, 4) is 5.75 Å². The van der Waals surface area contributed by atoms with E-state index in [4.69, 9.17) is 4.74 Å². The van der Waals surface area contributed by atoms with Crippen molar-refractivity contribution in [3.05, 3.63) is 84.4 Å². The van der Waals surface area contributed by atoms with Crippen LogP contribution in [-0.2, 0) is 6.54 Å². The number of hydrogen-bond donors (Lipinski definition) is 2. The third-order valence-corrected chi connectivity index (χ3v) is 5.26. The molecule has 4 nitrogen and oxygen atoms in total. The molecule has 2 N–H and O–H groups in total. The summed E-state index contributed by atoms with van der Waals surface area (Å²) >= 11 is 1.53. The Labute approximate surface area is 169 Å². The maximum absolute atomic E-state index is 5.92. The minimum Gasteiger partial charge on any atom is -0.494 e.